The molecular formula is C24H25N3O5S. The molecule has 0 spiro atoms. The van der Waals surface area contributed by atoms with Gasteiger partial charge in [0.2, 0.25) is 10.0 Å². The third-order valence-corrected chi connectivity index (χ3v) is 6.60. The van der Waals surface area contributed by atoms with E-state index in [1.807, 2.05) is 6.07 Å². The minimum atomic E-state index is -4.09. The zero-order chi connectivity index (χ0) is 23.8. The lowest BCUT2D eigenvalue weighted by Crippen LogP contribution is -2.39. The fourth-order valence-electron chi connectivity index (χ4n) is 3.10. The molecule has 0 aliphatic rings. The van der Waals surface area contributed by atoms with Gasteiger partial charge in [-0.1, -0.05) is 48.5 Å². The van der Waals surface area contributed by atoms with Crippen molar-refractivity contribution in [3.63, 3.8) is 0 Å². The number of hydrazone groups is 1. The molecule has 3 rings (SSSR count). The molecule has 9 heteroatoms. The van der Waals surface area contributed by atoms with E-state index in [0.717, 1.165) is 15.4 Å². The van der Waals surface area contributed by atoms with Crippen LogP contribution in [0, 0.1) is 6.92 Å². The highest BCUT2D eigenvalue weighted by atomic mass is 32.2. The Balaban J connectivity index is 1.86. The van der Waals surface area contributed by atoms with Gasteiger partial charge in [-0.2, -0.15) is 9.41 Å². The van der Waals surface area contributed by atoms with Crippen LogP contribution in [0.2, 0.25) is 0 Å². The van der Waals surface area contributed by atoms with Gasteiger partial charge < -0.3 is 9.84 Å². The highest BCUT2D eigenvalue weighted by Gasteiger charge is 2.30. The molecule has 0 fully saturated rings. The number of aromatic hydroxyl groups is 1. The molecule has 172 valence electrons. The predicted molar refractivity (Wildman–Crippen MR) is 126 cm³/mol. The second-order valence-electron chi connectivity index (χ2n) is 7.27. The van der Waals surface area contributed by atoms with Crippen LogP contribution < -0.4 is 10.2 Å². The number of phenols is 1. The summed E-state index contributed by atoms with van der Waals surface area (Å²) in [6.07, 6.45) is 1.28. The first-order chi connectivity index (χ1) is 15.8. The number of hydrogen-bond acceptors (Lipinski definition) is 6. The Morgan fingerprint density at radius 2 is 1.79 bits per heavy atom. The highest BCUT2D eigenvalue weighted by molar-refractivity contribution is 7.89. The van der Waals surface area contributed by atoms with Crippen LogP contribution in [0.15, 0.2) is 82.8 Å². The SMILES string of the molecule is COc1ccc(C)cc1S(=O)(=O)N(CC(=O)N/N=C/c1ccccc1O)Cc1ccccc1. The maximum atomic E-state index is 13.5. The molecule has 0 aromatic heterocycles. The molecule has 0 saturated heterocycles. The number of rotatable bonds is 9. The molecule has 3 aromatic carbocycles. The number of sulfonamides is 1. The van der Waals surface area contributed by atoms with Crippen molar-refractivity contribution in [1.29, 1.82) is 0 Å². The number of carbonyl (C=O) groups excluding carboxylic acids is 1. The molecule has 0 unspecified atom stereocenters. The number of methoxy groups -OCH3 is 1. The van der Waals surface area contributed by atoms with Crippen LogP contribution in [0.4, 0.5) is 0 Å². The first kappa shape index (κ1) is 24.0. The summed E-state index contributed by atoms with van der Waals surface area (Å²) in [5, 5.41) is 13.6. The minimum Gasteiger partial charge on any atom is -0.507 e. The summed E-state index contributed by atoms with van der Waals surface area (Å²) in [5.74, 6) is -0.431. The van der Waals surface area contributed by atoms with E-state index in [1.54, 1.807) is 61.5 Å². The first-order valence-corrected chi connectivity index (χ1v) is 11.5. The summed E-state index contributed by atoms with van der Waals surface area (Å²) in [6.45, 7) is 1.30. The van der Waals surface area contributed by atoms with Crippen LogP contribution in [-0.2, 0) is 21.4 Å². The minimum absolute atomic E-state index is 0.00956. The van der Waals surface area contributed by atoms with Crippen molar-refractivity contribution in [2.24, 2.45) is 5.10 Å². The summed E-state index contributed by atoms with van der Waals surface area (Å²) in [7, 11) is -2.69. The fraction of sp³-hybridized carbons (Fsp3) is 0.167. The van der Waals surface area contributed by atoms with E-state index in [2.05, 4.69) is 10.5 Å². The Labute approximate surface area is 193 Å². The van der Waals surface area contributed by atoms with E-state index in [1.165, 1.54) is 25.5 Å². The highest BCUT2D eigenvalue weighted by Crippen LogP contribution is 2.28. The predicted octanol–water partition coefficient (Wildman–Crippen LogP) is 3.05. The molecule has 1 amide bonds. The summed E-state index contributed by atoms with van der Waals surface area (Å²) in [5.41, 5.74) is 4.20. The number of carbonyl (C=O) groups is 1. The lowest BCUT2D eigenvalue weighted by atomic mass is 10.2. The molecule has 0 bridgehead atoms. The second kappa shape index (κ2) is 10.8. The maximum Gasteiger partial charge on any atom is 0.255 e. The van der Waals surface area contributed by atoms with E-state index >= 15 is 0 Å². The van der Waals surface area contributed by atoms with Crippen molar-refractivity contribution in [2.75, 3.05) is 13.7 Å². The van der Waals surface area contributed by atoms with Gasteiger partial charge in [-0.15, -0.1) is 0 Å². The first-order valence-electron chi connectivity index (χ1n) is 10.1. The zero-order valence-electron chi connectivity index (χ0n) is 18.3. The Kier molecular flexibility index (Phi) is 7.81. The number of ether oxygens (including phenoxy) is 1. The molecular weight excluding hydrogens is 442 g/mol. The van der Waals surface area contributed by atoms with Gasteiger partial charge in [0.1, 0.15) is 16.4 Å². The zero-order valence-corrected chi connectivity index (χ0v) is 19.1. The average molecular weight is 468 g/mol. The molecule has 2 N–H and O–H groups in total. The Morgan fingerprint density at radius 3 is 2.48 bits per heavy atom. The monoisotopic (exact) mass is 467 g/mol. The van der Waals surface area contributed by atoms with Gasteiger partial charge in [0.05, 0.1) is 19.9 Å². The van der Waals surface area contributed by atoms with Crippen molar-refractivity contribution >= 4 is 22.1 Å². The van der Waals surface area contributed by atoms with Gasteiger partial charge >= 0.3 is 0 Å². The molecule has 33 heavy (non-hydrogen) atoms. The number of nitrogens with zero attached hydrogens (tertiary/aromatic N) is 2. The number of para-hydroxylation sites is 1. The molecule has 3 aromatic rings. The van der Waals surface area contributed by atoms with Crippen LogP contribution in [-0.4, -0.2) is 43.6 Å². The van der Waals surface area contributed by atoms with E-state index in [9.17, 15) is 18.3 Å². The van der Waals surface area contributed by atoms with Gasteiger partial charge in [-0.3, -0.25) is 4.79 Å². The van der Waals surface area contributed by atoms with Gasteiger partial charge in [0, 0.05) is 12.1 Å². The number of benzene rings is 3. The molecule has 0 aliphatic heterocycles. The van der Waals surface area contributed by atoms with Gasteiger partial charge in [-0.25, -0.2) is 13.8 Å². The van der Waals surface area contributed by atoms with Crippen LogP contribution in [0.5, 0.6) is 11.5 Å². The summed E-state index contributed by atoms with van der Waals surface area (Å²) in [4.78, 5) is 12.6. The summed E-state index contributed by atoms with van der Waals surface area (Å²) in [6, 6.07) is 20.3. The third kappa shape index (κ3) is 6.18. The molecule has 0 saturated carbocycles. The standard InChI is InChI=1S/C24H25N3O5S/c1-18-12-13-22(32-2)23(14-18)33(30,31)27(16-19-8-4-3-5-9-19)17-24(29)26-25-15-20-10-6-7-11-21(20)28/h3-15,28H,16-17H2,1-2H3,(H,26,29)/b25-15+. The van der Waals surface area contributed by atoms with Crippen molar-refractivity contribution < 1.29 is 23.1 Å². The van der Waals surface area contributed by atoms with E-state index in [-0.39, 0.29) is 22.9 Å². The molecule has 0 radical (unpaired) electrons. The normalized spacial score (nSPS) is 11.6. The molecule has 0 heterocycles. The average Bonchev–Trinajstić information content (AvgIpc) is 2.80. The van der Waals surface area contributed by atoms with Crippen molar-refractivity contribution in [3.05, 3.63) is 89.5 Å². The van der Waals surface area contributed by atoms with Crippen molar-refractivity contribution in [2.45, 2.75) is 18.4 Å². The lowest BCUT2D eigenvalue weighted by Gasteiger charge is -2.23. The Morgan fingerprint density at radius 1 is 1.09 bits per heavy atom. The van der Waals surface area contributed by atoms with Gasteiger partial charge in [0.15, 0.2) is 0 Å². The van der Waals surface area contributed by atoms with Crippen LogP contribution in [0.1, 0.15) is 16.7 Å². The fourth-order valence-corrected chi connectivity index (χ4v) is 4.73. The third-order valence-electron chi connectivity index (χ3n) is 4.79. The van der Waals surface area contributed by atoms with Crippen molar-refractivity contribution in [1.82, 2.24) is 9.73 Å². The van der Waals surface area contributed by atoms with E-state index < -0.39 is 22.5 Å². The van der Waals surface area contributed by atoms with Gasteiger partial charge in [-0.05, 0) is 42.3 Å². The molecule has 0 aliphatic carbocycles. The van der Waals surface area contributed by atoms with Crippen LogP contribution >= 0.6 is 0 Å². The summed E-state index contributed by atoms with van der Waals surface area (Å²) >= 11 is 0. The maximum absolute atomic E-state index is 13.5. The largest absolute Gasteiger partial charge is 0.507 e. The molecule has 8 nitrogen and oxygen atoms in total. The topological polar surface area (TPSA) is 108 Å². The number of hydrogen-bond donors (Lipinski definition) is 2. The smallest absolute Gasteiger partial charge is 0.255 e. The van der Waals surface area contributed by atoms with Crippen LogP contribution in [0.25, 0.3) is 0 Å². The van der Waals surface area contributed by atoms with Crippen molar-refractivity contribution in [3.8, 4) is 11.5 Å². The van der Waals surface area contributed by atoms with Gasteiger partial charge in [0.25, 0.3) is 5.91 Å². The summed E-state index contributed by atoms with van der Waals surface area (Å²) < 4.78 is 33.4. The van der Waals surface area contributed by atoms with E-state index in [0.29, 0.717) is 5.56 Å². The number of amides is 1. The number of phenolic OH excluding ortho intramolecular Hbond substituents is 1. The van der Waals surface area contributed by atoms with Crippen LogP contribution in [0.3, 0.4) is 0 Å². The Bertz CT molecular complexity index is 1240. The number of aryl methyl sites for hydroxylation is 1. The second-order valence-corrected chi connectivity index (χ2v) is 9.17. The quantitative estimate of drug-likeness (QED) is 0.371. The van der Waals surface area contributed by atoms with E-state index in [4.69, 9.17) is 4.74 Å². The lowest BCUT2D eigenvalue weighted by molar-refractivity contribution is -0.121. The molecule has 0 atom stereocenters. The Hall–Kier alpha value is -3.69. The number of nitrogens with one attached hydrogen (secondary N) is 1.